The third-order valence-corrected chi connectivity index (χ3v) is 3.02. The highest BCUT2D eigenvalue weighted by Gasteiger charge is 2.15. The highest BCUT2D eigenvalue weighted by atomic mass is 16.6. The molecule has 24 heavy (non-hydrogen) atoms. The van der Waals surface area contributed by atoms with Crippen molar-refractivity contribution >= 4 is 29.0 Å². The van der Waals surface area contributed by atoms with E-state index in [0.29, 0.717) is 5.56 Å². The van der Waals surface area contributed by atoms with E-state index in [9.17, 15) is 24.5 Å². The number of hydrazine groups is 1. The molecule has 0 fully saturated rings. The van der Waals surface area contributed by atoms with E-state index in [4.69, 9.17) is 0 Å². The monoisotopic (exact) mass is 325 g/mol. The van der Waals surface area contributed by atoms with Crippen molar-refractivity contribution in [3.8, 4) is 0 Å². The molecule has 0 aliphatic carbocycles. The zero-order valence-electron chi connectivity index (χ0n) is 12.2. The van der Waals surface area contributed by atoms with Crippen LogP contribution in [0.15, 0.2) is 54.6 Å². The maximum atomic E-state index is 11.9. The van der Waals surface area contributed by atoms with Gasteiger partial charge in [0.25, 0.3) is 17.5 Å². The fraction of sp³-hybridized carbons (Fsp3) is 0. The van der Waals surface area contributed by atoms with Crippen LogP contribution in [0.4, 0.5) is 5.69 Å². The zero-order valence-corrected chi connectivity index (χ0v) is 12.2. The standard InChI is InChI=1S/C16H11N3O5/c20-10-14(11-4-2-1-3-5-11)16(22)18-17-15(21)12-6-8-13(9-7-12)19(23)24/h1-9H,(H,17,21)(H,18,22). The van der Waals surface area contributed by atoms with Gasteiger partial charge in [-0.1, -0.05) is 30.3 Å². The lowest BCUT2D eigenvalue weighted by atomic mass is 10.1. The maximum Gasteiger partial charge on any atom is 0.281 e. The Morgan fingerprint density at radius 3 is 2.08 bits per heavy atom. The molecule has 0 saturated carbocycles. The van der Waals surface area contributed by atoms with E-state index >= 15 is 0 Å². The first-order valence-electron chi connectivity index (χ1n) is 6.68. The normalized spacial score (nSPS) is 9.50. The smallest absolute Gasteiger partial charge is 0.267 e. The number of rotatable bonds is 4. The Morgan fingerprint density at radius 2 is 1.54 bits per heavy atom. The van der Waals surface area contributed by atoms with E-state index in [1.807, 2.05) is 0 Å². The highest BCUT2D eigenvalue weighted by molar-refractivity contribution is 6.27. The van der Waals surface area contributed by atoms with E-state index in [-0.39, 0.29) is 16.8 Å². The van der Waals surface area contributed by atoms with Gasteiger partial charge in [0.15, 0.2) is 0 Å². The van der Waals surface area contributed by atoms with Gasteiger partial charge >= 0.3 is 0 Å². The number of carbonyl (C=O) groups is 2. The molecule has 0 radical (unpaired) electrons. The Kier molecular flexibility index (Phi) is 5.17. The minimum Gasteiger partial charge on any atom is -0.267 e. The van der Waals surface area contributed by atoms with Crippen molar-refractivity contribution in [2.45, 2.75) is 0 Å². The third kappa shape index (κ3) is 3.90. The zero-order chi connectivity index (χ0) is 17.5. The number of hydrogen-bond donors (Lipinski definition) is 2. The van der Waals surface area contributed by atoms with Crippen molar-refractivity contribution in [2.24, 2.45) is 0 Å². The molecule has 0 aliphatic rings. The summed E-state index contributed by atoms with van der Waals surface area (Å²) in [6.07, 6.45) is 0. The van der Waals surface area contributed by atoms with E-state index in [1.165, 1.54) is 18.1 Å². The lowest BCUT2D eigenvalue weighted by Crippen LogP contribution is -2.42. The number of amides is 2. The first-order valence-corrected chi connectivity index (χ1v) is 6.68. The summed E-state index contributed by atoms with van der Waals surface area (Å²) in [6.45, 7) is 0. The van der Waals surface area contributed by atoms with Gasteiger partial charge in [0, 0.05) is 17.7 Å². The quantitative estimate of drug-likeness (QED) is 0.380. The molecule has 0 atom stereocenters. The molecule has 2 aromatic carbocycles. The topological polar surface area (TPSA) is 118 Å². The van der Waals surface area contributed by atoms with Crippen molar-refractivity contribution in [1.29, 1.82) is 0 Å². The fourth-order valence-corrected chi connectivity index (χ4v) is 1.82. The largest absolute Gasteiger partial charge is 0.281 e. The van der Waals surface area contributed by atoms with Crippen molar-refractivity contribution in [3.63, 3.8) is 0 Å². The molecule has 2 amide bonds. The third-order valence-electron chi connectivity index (χ3n) is 3.02. The summed E-state index contributed by atoms with van der Waals surface area (Å²) in [4.78, 5) is 44.7. The van der Waals surface area contributed by atoms with Crippen LogP contribution in [0.3, 0.4) is 0 Å². The van der Waals surface area contributed by atoms with Crippen molar-refractivity contribution in [3.05, 3.63) is 75.8 Å². The molecule has 0 aliphatic heterocycles. The average Bonchev–Trinajstić information content (AvgIpc) is 2.61. The van der Waals surface area contributed by atoms with Gasteiger partial charge in [0.1, 0.15) is 11.5 Å². The number of nitro benzene ring substituents is 1. The van der Waals surface area contributed by atoms with E-state index in [1.54, 1.807) is 30.3 Å². The SMILES string of the molecule is O=C=C(C(=O)NNC(=O)c1ccc([N+](=O)[O-])cc1)c1ccccc1. The summed E-state index contributed by atoms with van der Waals surface area (Å²) in [5.41, 5.74) is 4.26. The minimum atomic E-state index is -0.827. The van der Waals surface area contributed by atoms with Crippen LogP contribution >= 0.6 is 0 Å². The van der Waals surface area contributed by atoms with Gasteiger partial charge in [0.05, 0.1) is 4.92 Å². The summed E-state index contributed by atoms with van der Waals surface area (Å²) in [5.74, 6) is 0.0188. The van der Waals surface area contributed by atoms with Gasteiger partial charge in [-0.2, -0.15) is 0 Å². The van der Waals surface area contributed by atoms with Crippen LogP contribution in [-0.4, -0.2) is 22.7 Å². The van der Waals surface area contributed by atoms with Crippen LogP contribution < -0.4 is 10.9 Å². The van der Waals surface area contributed by atoms with Gasteiger partial charge < -0.3 is 0 Å². The summed E-state index contributed by atoms with van der Waals surface area (Å²) in [5, 5.41) is 10.5. The molecule has 2 rings (SSSR count). The lowest BCUT2D eigenvalue weighted by Gasteiger charge is -2.08. The summed E-state index contributed by atoms with van der Waals surface area (Å²) < 4.78 is 0. The van der Waals surface area contributed by atoms with Crippen LogP contribution in [0, 0.1) is 10.1 Å². The highest BCUT2D eigenvalue weighted by Crippen LogP contribution is 2.12. The van der Waals surface area contributed by atoms with Crippen LogP contribution in [0.25, 0.3) is 5.57 Å². The van der Waals surface area contributed by atoms with Crippen molar-refractivity contribution in [2.75, 3.05) is 0 Å². The number of carbonyl (C=O) groups excluding carboxylic acids is 3. The predicted octanol–water partition coefficient (Wildman–Crippen LogP) is 1.27. The van der Waals surface area contributed by atoms with Crippen molar-refractivity contribution in [1.82, 2.24) is 10.9 Å². The Bertz CT molecular complexity index is 825. The number of benzene rings is 2. The molecule has 120 valence electrons. The second-order valence-corrected chi connectivity index (χ2v) is 4.56. The van der Waals surface area contributed by atoms with Gasteiger partial charge in [-0.25, -0.2) is 4.79 Å². The molecule has 8 heteroatoms. The van der Waals surface area contributed by atoms with Crippen molar-refractivity contribution < 1.29 is 19.3 Å². The van der Waals surface area contributed by atoms with E-state index in [0.717, 1.165) is 12.1 Å². The van der Waals surface area contributed by atoms with Crippen LogP contribution in [-0.2, 0) is 9.59 Å². The van der Waals surface area contributed by atoms with E-state index in [2.05, 4.69) is 10.9 Å². The minimum absolute atomic E-state index is 0.109. The molecule has 2 aromatic rings. The number of non-ortho nitro benzene ring substituents is 1. The number of hydrogen-bond acceptors (Lipinski definition) is 5. The average molecular weight is 325 g/mol. The van der Waals surface area contributed by atoms with E-state index < -0.39 is 16.7 Å². The van der Waals surface area contributed by atoms with Gasteiger partial charge in [0.2, 0.25) is 0 Å². The summed E-state index contributed by atoms with van der Waals surface area (Å²) in [7, 11) is 0. The Balaban J connectivity index is 2.01. The first kappa shape index (κ1) is 16.6. The van der Waals surface area contributed by atoms with Gasteiger partial charge in [-0.05, 0) is 17.7 Å². The molecule has 8 nitrogen and oxygen atoms in total. The summed E-state index contributed by atoms with van der Waals surface area (Å²) in [6, 6.07) is 12.9. The number of nitrogens with one attached hydrogen (secondary N) is 2. The molecule has 0 aromatic heterocycles. The fourth-order valence-electron chi connectivity index (χ4n) is 1.82. The van der Waals surface area contributed by atoms with Gasteiger partial charge in [-0.3, -0.25) is 30.6 Å². The van der Waals surface area contributed by atoms with Gasteiger partial charge in [-0.15, -0.1) is 0 Å². The Morgan fingerprint density at radius 1 is 0.917 bits per heavy atom. The molecule has 0 spiro atoms. The molecular weight excluding hydrogens is 314 g/mol. The maximum absolute atomic E-state index is 11.9. The summed E-state index contributed by atoms with van der Waals surface area (Å²) >= 11 is 0. The molecule has 2 N–H and O–H groups in total. The molecule has 0 unspecified atom stereocenters. The Labute approximate surface area is 135 Å². The number of nitro groups is 1. The van der Waals surface area contributed by atoms with Crippen LogP contribution in [0.1, 0.15) is 15.9 Å². The predicted molar refractivity (Wildman–Crippen MR) is 84.2 cm³/mol. The Hall–Kier alpha value is -3.77. The first-order chi connectivity index (χ1) is 11.5. The number of nitrogens with zero attached hydrogens (tertiary/aromatic N) is 1. The molecular formula is C16H11N3O5. The molecule has 0 heterocycles. The lowest BCUT2D eigenvalue weighted by molar-refractivity contribution is -0.384. The molecule has 0 saturated heterocycles. The second kappa shape index (κ2) is 7.48. The second-order valence-electron chi connectivity index (χ2n) is 4.56. The van der Waals surface area contributed by atoms with Crippen LogP contribution in [0.5, 0.6) is 0 Å². The van der Waals surface area contributed by atoms with Crippen LogP contribution in [0.2, 0.25) is 0 Å². The molecule has 0 bridgehead atoms.